The Kier molecular flexibility index (Phi) is 4.43. The quantitative estimate of drug-likeness (QED) is 0.801. The molecule has 1 N–H and O–H groups in total. The lowest BCUT2D eigenvalue weighted by Gasteiger charge is -2.24. The molecule has 0 spiro atoms. The van der Waals surface area contributed by atoms with E-state index in [-0.39, 0.29) is 11.1 Å². The van der Waals surface area contributed by atoms with Crippen LogP contribution in [0.5, 0.6) is 0 Å². The smallest absolute Gasteiger partial charge is 0.164 e. The zero-order valence-electron chi connectivity index (χ0n) is 11.0. The highest BCUT2D eigenvalue weighted by atomic mass is 35.5. The fraction of sp³-hybridized carbons (Fsp3) is 0.250. The highest BCUT2D eigenvalue weighted by Crippen LogP contribution is 2.29. The Bertz CT molecular complexity index is 540. The average molecular weight is 278 g/mol. The molecule has 3 heteroatoms. The highest BCUT2D eigenvalue weighted by molar-refractivity contribution is 6.31. The van der Waals surface area contributed by atoms with Crippen LogP contribution < -0.4 is 5.32 Å². The first-order valence-electron chi connectivity index (χ1n) is 6.35. The molecule has 2 rings (SSSR count). The molecule has 0 aliphatic rings. The van der Waals surface area contributed by atoms with Crippen LogP contribution in [0.15, 0.2) is 48.5 Å². The van der Waals surface area contributed by atoms with Gasteiger partial charge in [0.15, 0.2) is 5.82 Å². The van der Waals surface area contributed by atoms with Gasteiger partial charge in [0, 0.05) is 0 Å². The molecular weight excluding hydrogens is 261 g/mol. The van der Waals surface area contributed by atoms with Gasteiger partial charge in [0.1, 0.15) is 0 Å². The van der Waals surface area contributed by atoms with Crippen LogP contribution in [0.1, 0.15) is 25.5 Å². The number of nitrogens with one attached hydrogen (secondary N) is 1. The van der Waals surface area contributed by atoms with Gasteiger partial charge in [-0.2, -0.15) is 0 Å². The van der Waals surface area contributed by atoms with E-state index in [2.05, 4.69) is 19.2 Å². The molecule has 2 aromatic carbocycles. The third kappa shape index (κ3) is 3.27. The van der Waals surface area contributed by atoms with Gasteiger partial charge in [0.25, 0.3) is 0 Å². The summed E-state index contributed by atoms with van der Waals surface area (Å²) in [6, 6.07) is 15.1. The summed E-state index contributed by atoms with van der Waals surface area (Å²) < 4.78 is 13.9. The lowest BCUT2D eigenvalue weighted by atomic mass is 9.96. The Morgan fingerprint density at radius 3 is 2.32 bits per heavy atom. The van der Waals surface area contributed by atoms with Gasteiger partial charge < -0.3 is 5.32 Å². The van der Waals surface area contributed by atoms with Crippen molar-refractivity contribution in [3.8, 4) is 0 Å². The summed E-state index contributed by atoms with van der Waals surface area (Å²) in [6.07, 6.45) is 0. The Morgan fingerprint density at radius 2 is 1.68 bits per heavy atom. The van der Waals surface area contributed by atoms with E-state index in [0.717, 1.165) is 5.56 Å². The molecule has 0 bridgehead atoms. The second kappa shape index (κ2) is 6.07. The van der Waals surface area contributed by atoms with Gasteiger partial charge in [0.2, 0.25) is 0 Å². The molecule has 1 nitrogen and oxygen atoms in total. The predicted molar refractivity (Wildman–Crippen MR) is 79.1 cm³/mol. The number of anilines is 1. The second-order valence-electron chi connectivity index (χ2n) is 4.88. The summed E-state index contributed by atoms with van der Waals surface area (Å²) in [6.45, 7) is 4.21. The first-order chi connectivity index (χ1) is 9.09. The molecule has 1 atom stereocenters. The van der Waals surface area contributed by atoms with Crippen LogP contribution in [-0.4, -0.2) is 0 Å². The summed E-state index contributed by atoms with van der Waals surface area (Å²) in [7, 11) is 0. The van der Waals surface area contributed by atoms with E-state index in [0.29, 0.717) is 11.6 Å². The number of rotatable bonds is 4. The van der Waals surface area contributed by atoms with E-state index in [4.69, 9.17) is 11.6 Å². The van der Waals surface area contributed by atoms with E-state index in [1.807, 2.05) is 30.3 Å². The van der Waals surface area contributed by atoms with Crippen molar-refractivity contribution in [2.24, 2.45) is 5.92 Å². The number of hydrogen-bond donors (Lipinski definition) is 1. The third-order valence-corrected chi connectivity index (χ3v) is 3.38. The molecule has 0 aliphatic carbocycles. The van der Waals surface area contributed by atoms with Gasteiger partial charge in [-0.25, -0.2) is 4.39 Å². The topological polar surface area (TPSA) is 12.0 Å². The van der Waals surface area contributed by atoms with Crippen molar-refractivity contribution in [1.29, 1.82) is 0 Å². The van der Waals surface area contributed by atoms with E-state index in [1.54, 1.807) is 18.2 Å². The summed E-state index contributed by atoms with van der Waals surface area (Å²) in [5.41, 5.74) is 1.58. The van der Waals surface area contributed by atoms with E-state index < -0.39 is 5.82 Å². The first-order valence-corrected chi connectivity index (χ1v) is 6.73. The Morgan fingerprint density at radius 1 is 1.00 bits per heavy atom. The largest absolute Gasteiger partial charge is 0.376 e. The minimum atomic E-state index is -0.397. The first kappa shape index (κ1) is 13.9. The summed E-state index contributed by atoms with van der Waals surface area (Å²) in [5.74, 6) is -0.0634. The summed E-state index contributed by atoms with van der Waals surface area (Å²) >= 11 is 5.81. The minimum absolute atomic E-state index is 0.0502. The standard InChI is InChI=1S/C16H17ClFN/c1-11(2)16(12-7-4-3-5-8-12)19-14-10-6-9-13(17)15(14)18/h3-11,16,19H,1-2H3. The van der Waals surface area contributed by atoms with Crippen molar-refractivity contribution in [1.82, 2.24) is 0 Å². The van der Waals surface area contributed by atoms with Crippen LogP contribution in [0, 0.1) is 11.7 Å². The monoisotopic (exact) mass is 277 g/mol. The average Bonchev–Trinajstić information content (AvgIpc) is 2.41. The van der Waals surface area contributed by atoms with Crippen LogP contribution in [0.2, 0.25) is 5.02 Å². The van der Waals surface area contributed by atoms with Gasteiger partial charge in [-0.3, -0.25) is 0 Å². The fourth-order valence-electron chi connectivity index (χ4n) is 2.08. The fourth-order valence-corrected chi connectivity index (χ4v) is 2.25. The molecule has 0 heterocycles. The van der Waals surface area contributed by atoms with Crippen molar-refractivity contribution < 1.29 is 4.39 Å². The molecule has 100 valence electrons. The second-order valence-corrected chi connectivity index (χ2v) is 5.29. The molecule has 19 heavy (non-hydrogen) atoms. The van der Waals surface area contributed by atoms with Crippen LogP contribution in [-0.2, 0) is 0 Å². The molecule has 0 amide bonds. The van der Waals surface area contributed by atoms with Gasteiger partial charge in [-0.1, -0.05) is 61.8 Å². The van der Waals surface area contributed by atoms with Crippen molar-refractivity contribution in [2.45, 2.75) is 19.9 Å². The Hall–Kier alpha value is -1.54. The van der Waals surface area contributed by atoms with Crippen molar-refractivity contribution in [3.63, 3.8) is 0 Å². The Labute approximate surface area is 118 Å². The van der Waals surface area contributed by atoms with Crippen molar-refractivity contribution >= 4 is 17.3 Å². The predicted octanol–water partition coefficient (Wildman–Crippen LogP) is 5.29. The molecule has 0 aliphatic heterocycles. The third-order valence-electron chi connectivity index (χ3n) is 3.09. The SMILES string of the molecule is CC(C)C(Nc1cccc(Cl)c1F)c1ccccc1. The van der Waals surface area contributed by atoms with Crippen LogP contribution in [0.25, 0.3) is 0 Å². The van der Waals surface area contributed by atoms with Gasteiger partial charge in [-0.15, -0.1) is 0 Å². The molecule has 1 unspecified atom stereocenters. The van der Waals surface area contributed by atoms with Crippen LogP contribution >= 0.6 is 11.6 Å². The normalized spacial score (nSPS) is 12.5. The number of halogens is 2. The zero-order valence-corrected chi connectivity index (χ0v) is 11.8. The van der Waals surface area contributed by atoms with Gasteiger partial charge >= 0.3 is 0 Å². The summed E-state index contributed by atoms with van der Waals surface area (Å²) in [4.78, 5) is 0. The van der Waals surface area contributed by atoms with Gasteiger partial charge in [-0.05, 0) is 23.6 Å². The lowest BCUT2D eigenvalue weighted by Crippen LogP contribution is -2.17. The number of hydrogen-bond acceptors (Lipinski definition) is 1. The molecule has 0 fully saturated rings. The summed E-state index contributed by atoms with van der Waals surface area (Å²) in [5, 5.41) is 3.38. The van der Waals surface area contributed by atoms with Crippen molar-refractivity contribution in [3.05, 3.63) is 64.9 Å². The van der Waals surface area contributed by atoms with Crippen LogP contribution in [0.3, 0.4) is 0 Å². The molecular formula is C16H17ClFN. The molecule has 0 saturated carbocycles. The van der Waals surface area contributed by atoms with E-state index >= 15 is 0 Å². The van der Waals surface area contributed by atoms with E-state index in [9.17, 15) is 4.39 Å². The van der Waals surface area contributed by atoms with Crippen LogP contribution in [0.4, 0.5) is 10.1 Å². The highest BCUT2D eigenvalue weighted by Gasteiger charge is 2.17. The zero-order chi connectivity index (χ0) is 13.8. The molecule has 0 aromatic heterocycles. The maximum Gasteiger partial charge on any atom is 0.164 e. The van der Waals surface area contributed by atoms with E-state index in [1.165, 1.54) is 0 Å². The maximum absolute atomic E-state index is 13.9. The molecule has 2 aromatic rings. The minimum Gasteiger partial charge on any atom is -0.376 e. The number of benzene rings is 2. The molecule has 0 radical (unpaired) electrons. The Balaban J connectivity index is 2.30. The van der Waals surface area contributed by atoms with Crippen molar-refractivity contribution in [2.75, 3.05) is 5.32 Å². The maximum atomic E-state index is 13.9. The molecule has 0 saturated heterocycles. The lowest BCUT2D eigenvalue weighted by molar-refractivity contribution is 0.540. The van der Waals surface area contributed by atoms with Gasteiger partial charge in [0.05, 0.1) is 16.8 Å².